The van der Waals surface area contributed by atoms with Crippen LogP contribution in [0.25, 0.3) is 11.1 Å². The van der Waals surface area contributed by atoms with Crippen LogP contribution in [0.4, 0.5) is 17.6 Å². The SMILES string of the molecule is CCCCCC1CCC(C2CCc3c(ccc(-c4ccc(OC(F)(F)F)cc4)c3F)C2)CC1. The molecule has 0 aliphatic heterocycles. The van der Waals surface area contributed by atoms with Crippen molar-refractivity contribution in [2.75, 3.05) is 0 Å². The Morgan fingerprint density at radius 1 is 0.879 bits per heavy atom. The van der Waals surface area contributed by atoms with E-state index >= 15 is 4.39 Å². The molecule has 0 spiro atoms. The molecule has 0 aromatic heterocycles. The van der Waals surface area contributed by atoms with Crippen molar-refractivity contribution in [2.45, 2.75) is 83.9 Å². The van der Waals surface area contributed by atoms with Crippen molar-refractivity contribution < 1.29 is 22.3 Å². The van der Waals surface area contributed by atoms with Gasteiger partial charge < -0.3 is 4.74 Å². The van der Waals surface area contributed by atoms with E-state index in [1.807, 2.05) is 6.07 Å². The average molecular weight is 463 g/mol. The Balaban J connectivity index is 1.39. The van der Waals surface area contributed by atoms with E-state index in [1.54, 1.807) is 6.07 Å². The van der Waals surface area contributed by atoms with E-state index in [0.717, 1.165) is 42.2 Å². The van der Waals surface area contributed by atoms with Gasteiger partial charge in [0, 0.05) is 5.56 Å². The summed E-state index contributed by atoms with van der Waals surface area (Å²) in [5.41, 5.74) is 2.90. The number of alkyl halides is 3. The minimum atomic E-state index is -4.73. The number of hydrogen-bond acceptors (Lipinski definition) is 1. The van der Waals surface area contributed by atoms with Gasteiger partial charge >= 0.3 is 6.36 Å². The highest BCUT2D eigenvalue weighted by Gasteiger charge is 2.32. The summed E-state index contributed by atoms with van der Waals surface area (Å²) < 4.78 is 56.4. The Kier molecular flexibility index (Phi) is 7.65. The molecule has 5 heteroatoms. The van der Waals surface area contributed by atoms with Gasteiger partial charge in [-0.25, -0.2) is 4.39 Å². The van der Waals surface area contributed by atoms with Crippen LogP contribution in [0.2, 0.25) is 0 Å². The molecule has 1 nitrogen and oxygen atoms in total. The summed E-state index contributed by atoms with van der Waals surface area (Å²) in [5, 5.41) is 0. The molecule has 0 bridgehead atoms. The minimum absolute atomic E-state index is 0.227. The van der Waals surface area contributed by atoms with Crippen LogP contribution in [0.15, 0.2) is 36.4 Å². The van der Waals surface area contributed by atoms with Gasteiger partial charge in [0.05, 0.1) is 0 Å². The lowest BCUT2D eigenvalue weighted by Gasteiger charge is -2.37. The highest BCUT2D eigenvalue weighted by atomic mass is 19.4. The zero-order valence-electron chi connectivity index (χ0n) is 19.4. The van der Waals surface area contributed by atoms with Crippen LogP contribution in [-0.4, -0.2) is 6.36 Å². The first-order chi connectivity index (χ1) is 15.8. The van der Waals surface area contributed by atoms with Gasteiger partial charge in [-0.1, -0.05) is 69.7 Å². The number of rotatable bonds is 7. The van der Waals surface area contributed by atoms with Crippen molar-refractivity contribution in [1.82, 2.24) is 0 Å². The maximum absolute atomic E-state index is 15.4. The van der Waals surface area contributed by atoms with Crippen LogP contribution >= 0.6 is 0 Å². The molecule has 2 aromatic rings. The normalized spacial score (nSPS) is 23.2. The standard InChI is InChI=1S/C28H34F4O/c1-2-3-4-5-19-6-8-20(9-7-19)22-12-16-26-23(18-22)13-17-25(27(26)29)21-10-14-24(15-11-21)33-28(30,31)32/h10-11,13-15,17,19-20,22H,2-9,12,16,18H2,1H3. The number of ether oxygens (including phenoxy) is 1. The molecule has 0 N–H and O–H groups in total. The van der Waals surface area contributed by atoms with Crippen molar-refractivity contribution in [3.8, 4) is 16.9 Å². The molecular weight excluding hydrogens is 428 g/mol. The van der Waals surface area contributed by atoms with E-state index < -0.39 is 6.36 Å². The third kappa shape index (κ3) is 6.10. The highest BCUT2D eigenvalue weighted by molar-refractivity contribution is 5.67. The van der Waals surface area contributed by atoms with E-state index in [0.29, 0.717) is 17.0 Å². The first-order valence-corrected chi connectivity index (χ1v) is 12.5. The maximum Gasteiger partial charge on any atom is 0.573 e. The van der Waals surface area contributed by atoms with Crippen molar-refractivity contribution in [3.63, 3.8) is 0 Å². The summed E-state index contributed by atoms with van der Waals surface area (Å²) in [5.74, 6) is 1.77. The summed E-state index contributed by atoms with van der Waals surface area (Å²) in [6.45, 7) is 2.26. The molecule has 1 saturated carbocycles. The maximum atomic E-state index is 15.4. The summed E-state index contributed by atoms with van der Waals surface area (Å²) in [4.78, 5) is 0. The van der Waals surface area contributed by atoms with Crippen LogP contribution in [0.5, 0.6) is 5.75 Å². The van der Waals surface area contributed by atoms with Crippen LogP contribution < -0.4 is 4.74 Å². The molecule has 2 aromatic carbocycles. The summed E-state index contributed by atoms with van der Waals surface area (Å²) >= 11 is 0. The van der Waals surface area contributed by atoms with Gasteiger partial charge in [-0.05, 0) is 78.7 Å². The fourth-order valence-corrected chi connectivity index (χ4v) is 5.93. The van der Waals surface area contributed by atoms with Crippen LogP contribution in [0.1, 0.15) is 75.8 Å². The van der Waals surface area contributed by atoms with Gasteiger partial charge in [0.15, 0.2) is 0 Å². The molecule has 1 atom stereocenters. The van der Waals surface area contributed by atoms with Crippen molar-refractivity contribution >= 4 is 0 Å². The van der Waals surface area contributed by atoms with Gasteiger partial charge in [-0.15, -0.1) is 13.2 Å². The largest absolute Gasteiger partial charge is 0.573 e. The molecule has 0 radical (unpaired) electrons. The average Bonchev–Trinajstić information content (AvgIpc) is 2.79. The van der Waals surface area contributed by atoms with Crippen LogP contribution in [0, 0.1) is 23.6 Å². The van der Waals surface area contributed by atoms with E-state index in [2.05, 4.69) is 11.7 Å². The number of fused-ring (bicyclic) bond motifs is 1. The summed E-state index contributed by atoms with van der Waals surface area (Å²) in [6, 6.07) is 9.23. The molecule has 2 aliphatic carbocycles. The zero-order valence-corrected chi connectivity index (χ0v) is 19.4. The second-order valence-corrected chi connectivity index (χ2v) is 9.92. The fraction of sp³-hybridized carbons (Fsp3) is 0.571. The lowest BCUT2D eigenvalue weighted by Crippen LogP contribution is -2.27. The fourth-order valence-electron chi connectivity index (χ4n) is 5.93. The van der Waals surface area contributed by atoms with Crippen molar-refractivity contribution in [1.29, 1.82) is 0 Å². The second kappa shape index (κ2) is 10.5. The monoisotopic (exact) mass is 462 g/mol. The second-order valence-electron chi connectivity index (χ2n) is 9.92. The van der Waals surface area contributed by atoms with E-state index in [1.165, 1.54) is 75.6 Å². The molecule has 180 valence electrons. The van der Waals surface area contributed by atoms with Gasteiger partial charge in [0.2, 0.25) is 0 Å². The predicted molar refractivity (Wildman–Crippen MR) is 124 cm³/mol. The Morgan fingerprint density at radius 3 is 2.27 bits per heavy atom. The lowest BCUT2D eigenvalue weighted by molar-refractivity contribution is -0.274. The van der Waals surface area contributed by atoms with Crippen molar-refractivity contribution in [3.05, 3.63) is 53.3 Å². The van der Waals surface area contributed by atoms with E-state index in [4.69, 9.17) is 0 Å². The molecule has 0 amide bonds. The third-order valence-electron chi connectivity index (χ3n) is 7.76. The Hall–Kier alpha value is -2.04. The van der Waals surface area contributed by atoms with Gasteiger partial charge in [-0.2, -0.15) is 0 Å². The van der Waals surface area contributed by atoms with Gasteiger partial charge in [0.25, 0.3) is 0 Å². The Bertz CT molecular complexity index is 911. The zero-order chi connectivity index (χ0) is 23.4. The first kappa shape index (κ1) is 24.1. The molecule has 33 heavy (non-hydrogen) atoms. The van der Waals surface area contributed by atoms with Gasteiger partial charge in [-0.3, -0.25) is 0 Å². The number of hydrogen-bond donors (Lipinski definition) is 0. The molecule has 0 saturated heterocycles. The molecule has 2 aliphatic rings. The predicted octanol–water partition coefficient (Wildman–Crippen LogP) is 8.88. The smallest absolute Gasteiger partial charge is 0.406 e. The van der Waals surface area contributed by atoms with Gasteiger partial charge in [0.1, 0.15) is 11.6 Å². The van der Waals surface area contributed by atoms with Crippen molar-refractivity contribution in [2.24, 2.45) is 17.8 Å². The van der Waals surface area contributed by atoms with E-state index in [-0.39, 0.29) is 11.6 Å². The topological polar surface area (TPSA) is 9.23 Å². The number of benzene rings is 2. The number of halogens is 4. The quantitative estimate of drug-likeness (QED) is 0.295. The molecule has 0 heterocycles. The Labute approximate surface area is 194 Å². The molecule has 4 rings (SSSR count). The summed E-state index contributed by atoms with van der Waals surface area (Å²) in [7, 11) is 0. The van der Waals surface area contributed by atoms with Crippen LogP contribution in [-0.2, 0) is 12.8 Å². The highest BCUT2D eigenvalue weighted by Crippen LogP contribution is 2.42. The first-order valence-electron chi connectivity index (χ1n) is 12.5. The third-order valence-corrected chi connectivity index (χ3v) is 7.76. The lowest BCUT2D eigenvalue weighted by atomic mass is 9.69. The Morgan fingerprint density at radius 2 is 1.61 bits per heavy atom. The van der Waals surface area contributed by atoms with E-state index in [9.17, 15) is 13.2 Å². The molecule has 1 fully saturated rings. The summed E-state index contributed by atoms with van der Waals surface area (Å²) in [6.07, 6.45) is 8.66. The van der Waals surface area contributed by atoms with Crippen LogP contribution in [0.3, 0.4) is 0 Å². The molecular formula is C28H34F4O. The number of unbranched alkanes of at least 4 members (excludes halogenated alkanes) is 2. The minimum Gasteiger partial charge on any atom is -0.406 e. The molecule has 1 unspecified atom stereocenters.